The van der Waals surface area contributed by atoms with E-state index in [1.165, 1.54) is 12.8 Å². The van der Waals surface area contributed by atoms with E-state index in [4.69, 9.17) is 4.74 Å². The molecule has 1 aromatic carbocycles. The Bertz CT molecular complexity index is 871. The minimum absolute atomic E-state index is 0.0648. The maximum absolute atomic E-state index is 13.1. The number of benzene rings is 1. The molecule has 7 nitrogen and oxygen atoms in total. The lowest BCUT2D eigenvalue weighted by atomic mass is 9.98. The van der Waals surface area contributed by atoms with Gasteiger partial charge in [0.1, 0.15) is 11.4 Å². The van der Waals surface area contributed by atoms with E-state index in [0.717, 1.165) is 55.7 Å². The molecule has 0 bridgehead atoms. The van der Waals surface area contributed by atoms with Gasteiger partial charge >= 0.3 is 0 Å². The van der Waals surface area contributed by atoms with Crippen LogP contribution in [-0.2, 0) is 11.2 Å². The van der Waals surface area contributed by atoms with Crippen LogP contribution in [0.2, 0.25) is 0 Å². The van der Waals surface area contributed by atoms with Crippen molar-refractivity contribution in [2.75, 3.05) is 13.7 Å². The number of likely N-dealkylation sites (tertiary alicyclic amines) is 1. The van der Waals surface area contributed by atoms with Crippen molar-refractivity contribution in [3.63, 3.8) is 0 Å². The van der Waals surface area contributed by atoms with Crippen molar-refractivity contribution in [2.24, 2.45) is 0 Å². The number of hydrogen-bond acceptors (Lipinski definition) is 4. The quantitative estimate of drug-likeness (QED) is 0.764. The summed E-state index contributed by atoms with van der Waals surface area (Å²) >= 11 is 0. The van der Waals surface area contributed by atoms with Crippen molar-refractivity contribution in [2.45, 2.75) is 63.5 Å². The van der Waals surface area contributed by atoms with Crippen LogP contribution in [-0.4, -0.2) is 46.6 Å². The minimum atomic E-state index is -0.128. The Hall–Kier alpha value is -2.83. The molecule has 2 fully saturated rings. The largest absolute Gasteiger partial charge is 0.497 e. The van der Waals surface area contributed by atoms with Crippen LogP contribution < -0.4 is 10.1 Å². The molecule has 1 atom stereocenters. The van der Waals surface area contributed by atoms with Gasteiger partial charge in [-0.2, -0.15) is 5.10 Å². The summed E-state index contributed by atoms with van der Waals surface area (Å²) in [4.78, 5) is 27.5. The zero-order valence-electron chi connectivity index (χ0n) is 17.5. The highest BCUT2D eigenvalue weighted by molar-refractivity contribution is 5.92. The molecule has 1 aliphatic heterocycles. The second-order valence-electron chi connectivity index (χ2n) is 8.29. The maximum Gasteiger partial charge on any atom is 0.271 e. The third-order valence-electron chi connectivity index (χ3n) is 6.22. The van der Waals surface area contributed by atoms with Gasteiger partial charge in [-0.25, -0.2) is 0 Å². The molecule has 1 unspecified atom stereocenters. The fourth-order valence-corrected chi connectivity index (χ4v) is 4.53. The van der Waals surface area contributed by atoms with Gasteiger partial charge < -0.3 is 15.0 Å². The van der Waals surface area contributed by atoms with E-state index in [2.05, 4.69) is 15.5 Å². The molecule has 1 saturated heterocycles. The Kier molecular flexibility index (Phi) is 6.35. The van der Waals surface area contributed by atoms with Crippen LogP contribution in [0.25, 0.3) is 0 Å². The Balaban J connectivity index is 1.43. The highest BCUT2D eigenvalue weighted by atomic mass is 16.5. The first-order chi connectivity index (χ1) is 14.6. The summed E-state index contributed by atoms with van der Waals surface area (Å²) in [6.45, 7) is 0.724. The molecule has 2 aliphatic rings. The number of hydrogen-bond donors (Lipinski definition) is 2. The number of carbonyl (C=O) groups is 2. The molecule has 2 amide bonds. The second-order valence-corrected chi connectivity index (χ2v) is 8.29. The van der Waals surface area contributed by atoms with E-state index >= 15 is 0 Å². The molecular formula is C23H30N4O3. The smallest absolute Gasteiger partial charge is 0.271 e. The predicted octanol–water partition coefficient (Wildman–Crippen LogP) is 3.39. The lowest BCUT2D eigenvalue weighted by molar-refractivity contribution is -0.134. The average molecular weight is 411 g/mol. The van der Waals surface area contributed by atoms with Crippen LogP contribution in [0.5, 0.6) is 5.75 Å². The summed E-state index contributed by atoms with van der Waals surface area (Å²) in [5.74, 6) is 0.746. The van der Waals surface area contributed by atoms with Gasteiger partial charge in [0.2, 0.25) is 5.91 Å². The topological polar surface area (TPSA) is 87.3 Å². The highest BCUT2D eigenvalue weighted by Crippen LogP contribution is 2.31. The lowest BCUT2D eigenvalue weighted by Gasteiger charge is -2.35. The van der Waals surface area contributed by atoms with Gasteiger partial charge in [0, 0.05) is 12.6 Å². The summed E-state index contributed by atoms with van der Waals surface area (Å²) in [6, 6.07) is 9.61. The van der Waals surface area contributed by atoms with E-state index in [-0.39, 0.29) is 23.9 Å². The Labute approximate surface area is 177 Å². The van der Waals surface area contributed by atoms with Gasteiger partial charge in [-0.1, -0.05) is 25.0 Å². The van der Waals surface area contributed by atoms with Crippen LogP contribution in [0, 0.1) is 0 Å². The number of H-pyrrole nitrogens is 1. The van der Waals surface area contributed by atoms with Crippen LogP contribution in [0.1, 0.15) is 72.7 Å². The van der Waals surface area contributed by atoms with Crippen molar-refractivity contribution >= 4 is 11.8 Å². The van der Waals surface area contributed by atoms with E-state index in [1.54, 1.807) is 7.11 Å². The normalized spacial score (nSPS) is 19.6. The Morgan fingerprint density at radius 2 is 1.87 bits per heavy atom. The van der Waals surface area contributed by atoms with E-state index < -0.39 is 0 Å². The number of aromatic nitrogens is 2. The van der Waals surface area contributed by atoms with E-state index in [9.17, 15) is 9.59 Å². The first kappa shape index (κ1) is 20.4. The van der Waals surface area contributed by atoms with Crippen molar-refractivity contribution in [3.05, 3.63) is 47.3 Å². The number of nitrogens with zero attached hydrogens (tertiary/aromatic N) is 2. The standard InChI is InChI=1S/C23H30N4O3/c1-30-18-11-9-16(10-12-18)14-22(28)27-13-5-4-8-21(27)19-15-20(26-25-19)23(29)24-17-6-2-3-7-17/h9-12,15,17,21H,2-8,13-14H2,1H3,(H,24,29)(H,25,26). The zero-order valence-corrected chi connectivity index (χ0v) is 17.5. The molecule has 1 aliphatic carbocycles. The monoisotopic (exact) mass is 410 g/mol. The summed E-state index contributed by atoms with van der Waals surface area (Å²) in [7, 11) is 1.63. The van der Waals surface area contributed by atoms with Crippen LogP contribution in [0.15, 0.2) is 30.3 Å². The number of rotatable bonds is 6. The Morgan fingerprint density at radius 3 is 2.60 bits per heavy atom. The van der Waals surface area contributed by atoms with Gasteiger partial charge in [-0.15, -0.1) is 0 Å². The van der Waals surface area contributed by atoms with E-state index in [0.29, 0.717) is 12.1 Å². The summed E-state index contributed by atoms with van der Waals surface area (Å²) < 4.78 is 5.19. The van der Waals surface area contributed by atoms with Crippen molar-refractivity contribution in [1.29, 1.82) is 0 Å². The first-order valence-electron chi connectivity index (χ1n) is 10.9. The van der Waals surface area contributed by atoms with Gasteiger partial charge in [0.15, 0.2) is 0 Å². The molecule has 30 heavy (non-hydrogen) atoms. The molecule has 4 rings (SSSR count). The van der Waals surface area contributed by atoms with E-state index in [1.807, 2.05) is 35.2 Å². The van der Waals surface area contributed by atoms with Gasteiger partial charge in [-0.3, -0.25) is 14.7 Å². The predicted molar refractivity (Wildman–Crippen MR) is 113 cm³/mol. The fraction of sp³-hybridized carbons (Fsp3) is 0.522. The molecule has 2 aromatic rings. The van der Waals surface area contributed by atoms with Crippen molar-refractivity contribution < 1.29 is 14.3 Å². The summed E-state index contributed by atoms with van der Waals surface area (Å²) in [5.41, 5.74) is 2.21. The second kappa shape index (κ2) is 9.32. The molecular weight excluding hydrogens is 380 g/mol. The van der Waals surface area contributed by atoms with Gasteiger partial charge in [0.25, 0.3) is 5.91 Å². The van der Waals surface area contributed by atoms with Crippen LogP contribution >= 0.6 is 0 Å². The Morgan fingerprint density at radius 1 is 1.13 bits per heavy atom. The lowest BCUT2D eigenvalue weighted by Crippen LogP contribution is -2.39. The molecule has 2 N–H and O–H groups in total. The fourth-order valence-electron chi connectivity index (χ4n) is 4.53. The number of nitrogens with one attached hydrogen (secondary N) is 2. The van der Waals surface area contributed by atoms with Crippen molar-refractivity contribution in [3.8, 4) is 5.75 Å². The molecule has 0 radical (unpaired) electrons. The maximum atomic E-state index is 13.1. The molecule has 2 heterocycles. The SMILES string of the molecule is COc1ccc(CC(=O)N2CCCCC2c2cc(C(=O)NC3CCCC3)n[nH]2)cc1. The van der Waals surface area contributed by atoms with Gasteiger partial charge in [0.05, 0.1) is 25.3 Å². The number of ether oxygens (including phenoxy) is 1. The summed E-state index contributed by atoms with van der Waals surface area (Å²) in [5, 5.41) is 10.3. The zero-order chi connectivity index (χ0) is 20.9. The number of piperidine rings is 1. The van der Waals surface area contributed by atoms with Crippen LogP contribution in [0.4, 0.5) is 0 Å². The molecule has 1 aromatic heterocycles. The third kappa shape index (κ3) is 4.66. The van der Waals surface area contributed by atoms with Crippen molar-refractivity contribution in [1.82, 2.24) is 20.4 Å². The molecule has 7 heteroatoms. The average Bonchev–Trinajstić information content (AvgIpc) is 3.46. The third-order valence-corrected chi connectivity index (χ3v) is 6.22. The van der Waals surface area contributed by atoms with Gasteiger partial charge in [-0.05, 0) is 55.9 Å². The summed E-state index contributed by atoms with van der Waals surface area (Å²) in [6.07, 6.45) is 7.70. The molecule has 1 saturated carbocycles. The number of amides is 2. The molecule has 160 valence electrons. The number of methoxy groups -OCH3 is 1. The van der Waals surface area contributed by atoms with Crippen LogP contribution in [0.3, 0.4) is 0 Å². The number of carbonyl (C=O) groups excluding carboxylic acids is 2. The molecule has 0 spiro atoms. The first-order valence-corrected chi connectivity index (χ1v) is 10.9. The minimum Gasteiger partial charge on any atom is -0.497 e. The highest BCUT2D eigenvalue weighted by Gasteiger charge is 2.30. The number of aromatic amines is 1.